The number of hydrogen-bond acceptors (Lipinski definition) is 6. The average Bonchev–Trinajstić information content (AvgIpc) is 2.59. The van der Waals surface area contributed by atoms with Crippen LogP contribution >= 0.6 is 0 Å². The summed E-state index contributed by atoms with van der Waals surface area (Å²) >= 11 is 0. The van der Waals surface area contributed by atoms with Gasteiger partial charge in [0.25, 0.3) is 5.91 Å². The van der Waals surface area contributed by atoms with Crippen molar-refractivity contribution in [2.75, 3.05) is 37.8 Å². The first-order valence-electron chi connectivity index (χ1n) is 8.08. The zero-order valence-electron chi connectivity index (χ0n) is 14.7. The van der Waals surface area contributed by atoms with Crippen LogP contribution in [0.4, 0.5) is 11.6 Å². The van der Waals surface area contributed by atoms with Gasteiger partial charge in [0.05, 0.1) is 5.56 Å². The van der Waals surface area contributed by atoms with Gasteiger partial charge in [-0.2, -0.15) is 0 Å². The monoisotopic (exact) mass is 341 g/mol. The summed E-state index contributed by atoms with van der Waals surface area (Å²) < 4.78 is 0. The van der Waals surface area contributed by atoms with E-state index in [0.717, 1.165) is 19.5 Å². The van der Waals surface area contributed by atoms with Crippen LogP contribution in [0.15, 0.2) is 36.7 Å². The summed E-state index contributed by atoms with van der Waals surface area (Å²) in [5.41, 5.74) is 1.46. The number of nitrogens with one attached hydrogen (secondary N) is 2. The molecule has 0 aliphatic heterocycles. The van der Waals surface area contributed by atoms with E-state index in [1.54, 1.807) is 24.3 Å². The molecule has 1 amide bonds. The van der Waals surface area contributed by atoms with Crippen LogP contribution in [0.3, 0.4) is 0 Å². The van der Waals surface area contributed by atoms with Gasteiger partial charge < -0.3 is 15.5 Å². The molecule has 1 aromatic heterocycles. The minimum Gasteiger partial charge on any atom is -0.354 e. The number of benzene rings is 1. The molecule has 1 heterocycles. The van der Waals surface area contributed by atoms with Crippen molar-refractivity contribution in [3.05, 3.63) is 47.8 Å². The van der Waals surface area contributed by atoms with Crippen molar-refractivity contribution >= 4 is 23.3 Å². The smallest absolute Gasteiger partial charge is 0.258 e. The number of rotatable bonds is 8. The van der Waals surface area contributed by atoms with Gasteiger partial charge in [0.15, 0.2) is 5.78 Å². The molecule has 25 heavy (non-hydrogen) atoms. The number of hydrogen-bond donors (Lipinski definition) is 2. The first kappa shape index (κ1) is 18.5. The molecule has 2 rings (SSSR count). The third kappa shape index (κ3) is 5.96. The van der Waals surface area contributed by atoms with Crippen LogP contribution in [0.25, 0.3) is 0 Å². The molecule has 0 saturated heterocycles. The number of Topliss-reactive ketones (excluding diaryl/α,β-unsaturated/α-hetero) is 1. The van der Waals surface area contributed by atoms with Crippen molar-refractivity contribution in [1.82, 2.24) is 14.9 Å². The Kier molecular flexibility index (Phi) is 6.59. The molecule has 1 aromatic carbocycles. The lowest BCUT2D eigenvalue weighted by Gasteiger charge is -2.10. The van der Waals surface area contributed by atoms with Crippen LogP contribution in [0.5, 0.6) is 0 Å². The standard InChI is InChI=1S/C18H23N5O2/c1-13(24)14-6-4-7-16(10-14)22-17(25)15-11-20-18(21-12-15)19-8-5-9-23(2)3/h4,6-7,10-12H,5,8-9H2,1-3H3,(H,22,25)(H,19,20,21). The summed E-state index contributed by atoms with van der Waals surface area (Å²) in [5.74, 6) is 0.123. The molecule has 0 spiro atoms. The second-order valence-electron chi connectivity index (χ2n) is 5.97. The maximum absolute atomic E-state index is 12.2. The van der Waals surface area contributed by atoms with E-state index in [-0.39, 0.29) is 11.7 Å². The van der Waals surface area contributed by atoms with Crippen molar-refractivity contribution in [3.63, 3.8) is 0 Å². The van der Waals surface area contributed by atoms with Crippen LogP contribution < -0.4 is 10.6 Å². The molecule has 0 fully saturated rings. The lowest BCUT2D eigenvalue weighted by atomic mass is 10.1. The second-order valence-corrected chi connectivity index (χ2v) is 5.97. The fourth-order valence-electron chi connectivity index (χ4n) is 2.15. The maximum atomic E-state index is 12.2. The fourth-order valence-corrected chi connectivity index (χ4v) is 2.15. The van der Waals surface area contributed by atoms with Gasteiger partial charge in [-0.1, -0.05) is 12.1 Å². The van der Waals surface area contributed by atoms with E-state index in [4.69, 9.17) is 0 Å². The van der Waals surface area contributed by atoms with Crippen molar-refractivity contribution < 1.29 is 9.59 Å². The third-order valence-electron chi connectivity index (χ3n) is 3.51. The minimum atomic E-state index is -0.320. The Balaban J connectivity index is 1.92. The van der Waals surface area contributed by atoms with Gasteiger partial charge in [0.2, 0.25) is 5.95 Å². The van der Waals surface area contributed by atoms with Crippen molar-refractivity contribution in [3.8, 4) is 0 Å². The highest BCUT2D eigenvalue weighted by Crippen LogP contribution is 2.12. The van der Waals surface area contributed by atoms with Gasteiger partial charge in [0.1, 0.15) is 0 Å². The zero-order valence-corrected chi connectivity index (χ0v) is 14.7. The van der Waals surface area contributed by atoms with E-state index in [0.29, 0.717) is 22.8 Å². The van der Waals surface area contributed by atoms with Crippen LogP contribution in [0.1, 0.15) is 34.1 Å². The number of ketones is 1. The highest BCUT2D eigenvalue weighted by atomic mass is 16.1. The van der Waals surface area contributed by atoms with E-state index in [1.165, 1.54) is 19.3 Å². The Hall–Kier alpha value is -2.80. The second kappa shape index (κ2) is 8.89. The molecule has 2 aromatic rings. The van der Waals surface area contributed by atoms with Gasteiger partial charge >= 0.3 is 0 Å². The van der Waals surface area contributed by atoms with Crippen LogP contribution in [-0.2, 0) is 0 Å². The van der Waals surface area contributed by atoms with Gasteiger partial charge in [-0.05, 0) is 46.1 Å². The zero-order chi connectivity index (χ0) is 18.2. The maximum Gasteiger partial charge on any atom is 0.258 e. The van der Waals surface area contributed by atoms with Crippen molar-refractivity contribution in [2.24, 2.45) is 0 Å². The highest BCUT2D eigenvalue weighted by molar-refractivity contribution is 6.04. The molecule has 0 saturated carbocycles. The molecule has 7 nitrogen and oxygen atoms in total. The van der Waals surface area contributed by atoms with Gasteiger partial charge in [-0.3, -0.25) is 9.59 Å². The summed E-state index contributed by atoms with van der Waals surface area (Å²) in [6.07, 6.45) is 3.93. The number of amides is 1. The topological polar surface area (TPSA) is 87.2 Å². The number of carbonyl (C=O) groups is 2. The fraction of sp³-hybridized carbons (Fsp3) is 0.333. The number of carbonyl (C=O) groups excluding carboxylic acids is 2. The first-order chi connectivity index (χ1) is 12.0. The molecular formula is C18H23N5O2. The molecular weight excluding hydrogens is 318 g/mol. The molecule has 132 valence electrons. The Morgan fingerprint density at radius 1 is 1.12 bits per heavy atom. The SMILES string of the molecule is CC(=O)c1cccc(NC(=O)c2cnc(NCCCN(C)C)nc2)c1. The lowest BCUT2D eigenvalue weighted by Crippen LogP contribution is -2.17. The van der Waals surface area contributed by atoms with Crippen molar-refractivity contribution in [2.45, 2.75) is 13.3 Å². The quantitative estimate of drug-likeness (QED) is 0.566. The number of nitrogens with zero attached hydrogens (tertiary/aromatic N) is 3. The molecule has 0 radical (unpaired) electrons. The summed E-state index contributed by atoms with van der Waals surface area (Å²) in [7, 11) is 4.05. The van der Waals surface area contributed by atoms with Crippen LogP contribution in [0.2, 0.25) is 0 Å². The third-order valence-corrected chi connectivity index (χ3v) is 3.51. The summed E-state index contributed by atoms with van der Waals surface area (Å²) in [5, 5.41) is 5.86. The molecule has 7 heteroatoms. The Morgan fingerprint density at radius 3 is 2.48 bits per heavy atom. The van der Waals surface area contributed by atoms with Gasteiger partial charge in [-0.25, -0.2) is 9.97 Å². The average molecular weight is 341 g/mol. The summed E-state index contributed by atoms with van der Waals surface area (Å²) in [6, 6.07) is 6.80. The Labute approximate surface area is 147 Å². The highest BCUT2D eigenvalue weighted by Gasteiger charge is 2.09. The Morgan fingerprint density at radius 2 is 1.84 bits per heavy atom. The summed E-state index contributed by atoms with van der Waals surface area (Å²) in [4.78, 5) is 34.0. The summed E-state index contributed by atoms with van der Waals surface area (Å²) in [6.45, 7) is 3.23. The predicted molar refractivity (Wildman–Crippen MR) is 98.1 cm³/mol. The van der Waals surface area contributed by atoms with E-state index in [9.17, 15) is 9.59 Å². The van der Waals surface area contributed by atoms with Crippen molar-refractivity contribution in [1.29, 1.82) is 0 Å². The largest absolute Gasteiger partial charge is 0.354 e. The van der Waals surface area contributed by atoms with Crippen LogP contribution in [-0.4, -0.2) is 53.7 Å². The molecule has 0 bridgehead atoms. The molecule has 0 unspecified atom stereocenters. The van der Waals surface area contributed by atoms with Crippen LogP contribution in [0, 0.1) is 0 Å². The van der Waals surface area contributed by atoms with E-state index in [2.05, 4.69) is 25.5 Å². The molecule has 0 atom stereocenters. The molecule has 2 N–H and O–H groups in total. The predicted octanol–water partition coefficient (Wildman–Crippen LogP) is 2.30. The normalized spacial score (nSPS) is 10.6. The molecule has 0 aliphatic carbocycles. The van der Waals surface area contributed by atoms with E-state index < -0.39 is 0 Å². The Bertz CT molecular complexity index is 729. The van der Waals surface area contributed by atoms with E-state index >= 15 is 0 Å². The number of aromatic nitrogens is 2. The van der Waals surface area contributed by atoms with Gasteiger partial charge in [0, 0.05) is 30.2 Å². The molecule has 0 aliphatic rings. The van der Waals surface area contributed by atoms with Gasteiger partial charge in [-0.15, -0.1) is 0 Å². The lowest BCUT2D eigenvalue weighted by molar-refractivity contribution is 0.101. The first-order valence-corrected chi connectivity index (χ1v) is 8.08. The number of anilines is 2. The minimum absolute atomic E-state index is 0.0517. The van der Waals surface area contributed by atoms with E-state index in [1.807, 2.05) is 14.1 Å².